The maximum Gasteiger partial charge on any atom is 0.118 e. The molecule has 2 unspecified atom stereocenters. The molecule has 0 fully saturated rings. The Morgan fingerprint density at radius 1 is 1.35 bits per heavy atom. The van der Waals surface area contributed by atoms with Gasteiger partial charge in [0.05, 0.1) is 19.8 Å². The van der Waals surface area contributed by atoms with Gasteiger partial charge >= 0.3 is 0 Å². The molecule has 0 saturated carbocycles. The van der Waals surface area contributed by atoms with Crippen molar-refractivity contribution in [2.24, 2.45) is 0 Å². The monoisotopic (exact) mass is 275 g/mol. The minimum Gasteiger partial charge on any atom is -0.497 e. The third-order valence-corrected chi connectivity index (χ3v) is 3.23. The number of nitrogens with zero attached hydrogens (tertiary/aromatic N) is 2. The van der Waals surface area contributed by atoms with Crippen molar-refractivity contribution >= 4 is 0 Å². The summed E-state index contributed by atoms with van der Waals surface area (Å²) in [5.74, 6) is 0.847. The van der Waals surface area contributed by atoms with Gasteiger partial charge in [0.25, 0.3) is 0 Å². The van der Waals surface area contributed by atoms with Crippen molar-refractivity contribution in [1.82, 2.24) is 15.1 Å². The van der Waals surface area contributed by atoms with Gasteiger partial charge in [-0.15, -0.1) is 0 Å². The molecule has 5 nitrogen and oxygen atoms in total. The highest BCUT2D eigenvalue weighted by Crippen LogP contribution is 2.17. The summed E-state index contributed by atoms with van der Waals surface area (Å²) in [6, 6.07) is 9.95. The lowest BCUT2D eigenvalue weighted by molar-refractivity contribution is 0.143. The van der Waals surface area contributed by atoms with Gasteiger partial charge in [-0.25, -0.2) is 0 Å². The predicted molar refractivity (Wildman–Crippen MR) is 77.6 cm³/mol. The Kier molecular flexibility index (Phi) is 5.15. The van der Waals surface area contributed by atoms with Crippen LogP contribution in [0.3, 0.4) is 0 Å². The second-order valence-electron chi connectivity index (χ2n) is 4.79. The number of aliphatic hydroxyl groups excluding tert-OH is 1. The highest BCUT2D eigenvalue weighted by molar-refractivity contribution is 5.28. The molecule has 108 valence electrons. The lowest BCUT2D eigenvalue weighted by Crippen LogP contribution is -2.32. The van der Waals surface area contributed by atoms with Crippen molar-refractivity contribution in [3.8, 4) is 5.75 Å². The molecule has 1 aromatic carbocycles. The van der Waals surface area contributed by atoms with Gasteiger partial charge in [-0.05, 0) is 30.7 Å². The molecular weight excluding hydrogens is 254 g/mol. The van der Waals surface area contributed by atoms with Gasteiger partial charge in [0.2, 0.25) is 0 Å². The summed E-state index contributed by atoms with van der Waals surface area (Å²) in [4.78, 5) is 0. The van der Waals surface area contributed by atoms with E-state index in [1.807, 2.05) is 36.5 Å². The second kappa shape index (κ2) is 7.07. The number of methoxy groups -OCH3 is 1. The van der Waals surface area contributed by atoms with Gasteiger partial charge in [0, 0.05) is 25.0 Å². The SMILES string of the molecule is COc1ccc(C(C)NCC(O)Cn2cccn2)cc1. The van der Waals surface area contributed by atoms with Gasteiger partial charge in [0.15, 0.2) is 0 Å². The topological polar surface area (TPSA) is 59.3 Å². The fraction of sp³-hybridized carbons (Fsp3) is 0.400. The molecule has 0 aliphatic carbocycles. The second-order valence-corrected chi connectivity index (χ2v) is 4.79. The number of nitrogens with one attached hydrogen (secondary N) is 1. The Morgan fingerprint density at radius 2 is 2.10 bits per heavy atom. The molecule has 1 heterocycles. The highest BCUT2D eigenvalue weighted by atomic mass is 16.5. The molecule has 20 heavy (non-hydrogen) atoms. The van der Waals surface area contributed by atoms with E-state index in [4.69, 9.17) is 4.74 Å². The third-order valence-electron chi connectivity index (χ3n) is 3.23. The Labute approximate surface area is 119 Å². The average molecular weight is 275 g/mol. The van der Waals surface area contributed by atoms with E-state index < -0.39 is 6.10 Å². The van der Waals surface area contributed by atoms with Crippen molar-refractivity contribution in [3.05, 3.63) is 48.3 Å². The molecule has 0 radical (unpaired) electrons. The third kappa shape index (κ3) is 4.08. The van der Waals surface area contributed by atoms with Crippen LogP contribution in [0.4, 0.5) is 0 Å². The van der Waals surface area contributed by atoms with E-state index in [1.54, 1.807) is 18.0 Å². The van der Waals surface area contributed by atoms with Gasteiger partial charge in [-0.3, -0.25) is 4.68 Å². The van der Waals surface area contributed by atoms with Crippen LogP contribution in [-0.2, 0) is 6.54 Å². The average Bonchev–Trinajstić information content (AvgIpc) is 2.97. The molecule has 0 aliphatic heterocycles. The number of aromatic nitrogens is 2. The molecular formula is C15H21N3O2. The molecule has 2 aromatic rings. The van der Waals surface area contributed by atoms with Gasteiger partial charge < -0.3 is 15.2 Å². The Balaban J connectivity index is 1.80. The summed E-state index contributed by atoms with van der Waals surface area (Å²) in [7, 11) is 1.66. The van der Waals surface area contributed by atoms with E-state index >= 15 is 0 Å². The fourth-order valence-corrected chi connectivity index (χ4v) is 2.01. The van der Waals surface area contributed by atoms with Crippen molar-refractivity contribution in [2.75, 3.05) is 13.7 Å². The summed E-state index contributed by atoms with van der Waals surface area (Å²) in [5.41, 5.74) is 1.16. The molecule has 0 aliphatic rings. The summed E-state index contributed by atoms with van der Waals surface area (Å²) >= 11 is 0. The number of ether oxygens (including phenoxy) is 1. The zero-order valence-electron chi connectivity index (χ0n) is 11.9. The molecule has 5 heteroatoms. The first-order valence-electron chi connectivity index (χ1n) is 6.72. The molecule has 2 atom stereocenters. The summed E-state index contributed by atoms with van der Waals surface area (Å²) in [5, 5.41) is 17.3. The van der Waals surface area contributed by atoms with E-state index in [0.29, 0.717) is 13.1 Å². The highest BCUT2D eigenvalue weighted by Gasteiger charge is 2.09. The molecule has 2 N–H and O–H groups in total. The standard InChI is InChI=1S/C15H21N3O2/c1-12(13-4-6-15(20-2)7-5-13)16-10-14(19)11-18-9-3-8-17-18/h3-9,12,14,16,19H,10-11H2,1-2H3. The van der Waals surface area contributed by atoms with Crippen LogP contribution in [0.15, 0.2) is 42.7 Å². The van der Waals surface area contributed by atoms with E-state index in [0.717, 1.165) is 11.3 Å². The predicted octanol–water partition coefficient (Wildman–Crippen LogP) is 1.60. The molecule has 0 spiro atoms. The van der Waals surface area contributed by atoms with Crippen LogP contribution in [0.1, 0.15) is 18.5 Å². The van der Waals surface area contributed by atoms with Crippen molar-refractivity contribution in [1.29, 1.82) is 0 Å². The first-order chi connectivity index (χ1) is 9.69. The van der Waals surface area contributed by atoms with Crippen LogP contribution in [0, 0.1) is 0 Å². The Morgan fingerprint density at radius 3 is 2.70 bits per heavy atom. The number of rotatable bonds is 7. The Hall–Kier alpha value is -1.85. The van der Waals surface area contributed by atoms with Crippen LogP contribution in [-0.4, -0.2) is 34.6 Å². The van der Waals surface area contributed by atoms with Gasteiger partial charge in [-0.2, -0.15) is 5.10 Å². The van der Waals surface area contributed by atoms with Crippen LogP contribution in [0.2, 0.25) is 0 Å². The number of hydrogen-bond acceptors (Lipinski definition) is 4. The molecule has 0 amide bonds. The number of aliphatic hydroxyl groups is 1. The minimum atomic E-state index is -0.462. The van der Waals surface area contributed by atoms with Crippen molar-refractivity contribution in [2.45, 2.75) is 25.6 Å². The quantitative estimate of drug-likeness (QED) is 0.806. The van der Waals surface area contributed by atoms with E-state index in [9.17, 15) is 5.11 Å². The van der Waals surface area contributed by atoms with Crippen LogP contribution >= 0.6 is 0 Å². The van der Waals surface area contributed by atoms with E-state index in [-0.39, 0.29) is 6.04 Å². The lowest BCUT2D eigenvalue weighted by atomic mass is 10.1. The molecule has 0 bridgehead atoms. The zero-order valence-corrected chi connectivity index (χ0v) is 11.9. The van der Waals surface area contributed by atoms with Crippen LogP contribution in [0.25, 0.3) is 0 Å². The first-order valence-corrected chi connectivity index (χ1v) is 6.72. The smallest absolute Gasteiger partial charge is 0.118 e. The van der Waals surface area contributed by atoms with E-state index in [2.05, 4.69) is 17.3 Å². The van der Waals surface area contributed by atoms with Crippen molar-refractivity contribution < 1.29 is 9.84 Å². The maximum atomic E-state index is 9.96. The fourth-order valence-electron chi connectivity index (χ4n) is 2.01. The largest absolute Gasteiger partial charge is 0.497 e. The van der Waals surface area contributed by atoms with Crippen LogP contribution in [0.5, 0.6) is 5.75 Å². The lowest BCUT2D eigenvalue weighted by Gasteiger charge is -2.18. The van der Waals surface area contributed by atoms with Crippen LogP contribution < -0.4 is 10.1 Å². The molecule has 2 rings (SSSR count). The minimum absolute atomic E-state index is 0.174. The van der Waals surface area contributed by atoms with Gasteiger partial charge in [0.1, 0.15) is 5.75 Å². The Bertz CT molecular complexity index is 496. The summed E-state index contributed by atoms with van der Waals surface area (Å²) in [6.07, 6.45) is 3.09. The number of benzene rings is 1. The molecule has 1 aromatic heterocycles. The molecule has 0 saturated heterocycles. The van der Waals surface area contributed by atoms with Gasteiger partial charge in [-0.1, -0.05) is 12.1 Å². The number of hydrogen-bond donors (Lipinski definition) is 2. The van der Waals surface area contributed by atoms with Crippen molar-refractivity contribution in [3.63, 3.8) is 0 Å². The normalized spacial score (nSPS) is 13.9. The van der Waals surface area contributed by atoms with E-state index in [1.165, 1.54) is 0 Å². The summed E-state index contributed by atoms with van der Waals surface area (Å²) in [6.45, 7) is 3.09. The maximum absolute atomic E-state index is 9.96. The summed E-state index contributed by atoms with van der Waals surface area (Å²) < 4.78 is 6.86. The first kappa shape index (κ1) is 14.6. The zero-order chi connectivity index (χ0) is 14.4.